The van der Waals surface area contributed by atoms with E-state index in [2.05, 4.69) is 19.9 Å². The molecule has 0 spiro atoms. The fourth-order valence-corrected chi connectivity index (χ4v) is 7.69. The number of hydrogen-bond donors (Lipinski definition) is 1. The van der Waals surface area contributed by atoms with Crippen molar-refractivity contribution in [2.45, 2.75) is 97.0 Å². The van der Waals surface area contributed by atoms with Gasteiger partial charge in [0.2, 0.25) is 5.78 Å². The molecule has 5 heteroatoms. The van der Waals surface area contributed by atoms with Crippen LogP contribution in [0.2, 0.25) is 0 Å². The Kier molecular flexibility index (Phi) is 5.95. The van der Waals surface area contributed by atoms with Gasteiger partial charge < -0.3 is 9.84 Å². The molecule has 4 aliphatic carbocycles. The summed E-state index contributed by atoms with van der Waals surface area (Å²) in [6.45, 7) is 5.89. The van der Waals surface area contributed by atoms with E-state index in [1.807, 2.05) is 6.92 Å². The first-order valence-corrected chi connectivity index (χ1v) is 12.3. The summed E-state index contributed by atoms with van der Waals surface area (Å²) in [4.78, 5) is 37.9. The van der Waals surface area contributed by atoms with Gasteiger partial charge in [-0.2, -0.15) is 0 Å². The number of fused-ring (bicyclic) bond motifs is 5. The zero-order chi connectivity index (χ0) is 22.4. The second-order valence-corrected chi connectivity index (χ2v) is 11.0. The minimum Gasteiger partial charge on any atom is -0.450 e. The number of carbonyl (C=O) groups excluding carboxylic acids is 3. The molecule has 0 radical (unpaired) electrons. The van der Waals surface area contributed by atoms with Crippen LogP contribution < -0.4 is 0 Å². The number of aliphatic hydroxyl groups excluding tert-OH is 1. The third-order valence-electron chi connectivity index (χ3n) is 9.58. The third kappa shape index (κ3) is 3.34. The van der Waals surface area contributed by atoms with E-state index in [0.29, 0.717) is 49.7 Å². The number of esters is 1. The normalized spacial score (nSPS) is 41.6. The maximum absolute atomic E-state index is 13.1. The SMILES string of the molecule is CCCCC(=O)O[C@]1(C(=O)CO)CC[C@H]2[C@@H]3CCC4CC(=O)CC[C@]4(C)C3=CC[C@@]21C. The number of Topliss-reactive ketones (excluding diaryl/α,β-unsaturated/α-hetero) is 2. The van der Waals surface area contributed by atoms with Crippen LogP contribution in [0.25, 0.3) is 0 Å². The van der Waals surface area contributed by atoms with Crippen molar-refractivity contribution >= 4 is 17.5 Å². The number of carbonyl (C=O) groups is 3. The van der Waals surface area contributed by atoms with Gasteiger partial charge in [-0.05, 0) is 68.1 Å². The molecular weight excluding hydrogens is 392 g/mol. The molecule has 0 amide bonds. The second kappa shape index (κ2) is 8.13. The molecule has 0 saturated heterocycles. The predicted octanol–water partition coefficient (Wildman–Crippen LogP) is 4.55. The van der Waals surface area contributed by atoms with Crippen molar-refractivity contribution in [2.24, 2.45) is 28.6 Å². The first kappa shape index (κ1) is 22.7. The molecule has 0 bridgehead atoms. The van der Waals surface area contributed by atoms with Gasteiger partial charge in [0.1, 0.15) is 12.4 Å². The van der Waals surface area contributed by atoms with Gasteiger partial charge >= 0.3 is 5.97 Å². The summed E-state index contributed by atoms with van der Waals surface area (Å²) in [5, 5.41) is 9.82. The van der Waals surface area contributed by atoms with Crippen LogP contribution in [0, 0.1) is 28.6 Å². The van der Waals surface area contributed by atoms with Crippen molar-refractivity contribution in [2.75, 3.05) is 6.61 Å². The molecule has 0 heterocycles. The monoisotopic (exact) mass is 430 g/mol. The maximum atomic E-state index is 13.1. The molecule has 6 atom stereocenters. The van der Waals surface area contributed by atoms with E-state index in [-0.39, 0.29) is 23.1 Å². The number of hydrogen-bond acceptors (Lipinski definition) is 5. The van der Waals surface area contributed by atoms with Crippen molar-refractivity contribution in [3.8, 4) is 0 Å². The van der Waals surface area contributed by atoms with E-state index >= 15 is 0 Å². The summed E-state index contributed by atoms with van der Waals surface area (Å²) in [7, 11) is 0. The van der Waals surface area contributed by atoms with E-state index in [0.717, 1.165) is 38.5 Å². The molecule has 172 valence electrons. The summed E-state index contributed by atoms with van der Waals surface area (Å²) in [5.74, 6) is 0.796. The van der Waals surface area contributed by atoms with Crippen LogP contribution in [0.3, 0.4) is 0 Å². The predicted molar refractivity (Wildman–Crippen MR) is 117 cm³/mol. The lowest BCUT2D eigenvalue weighted by Gasteiger charge is -2.56. The van der Waals surface area contributed by atoms with E-state index in [1.165, 1.54) is 5.57 Å². The van der Waals surface area contributed by atoms with Crippen molar-refractivity contribution in [3.05, 3.63) is 11.6 Å². The van der Waals surface area contributed by atoms with Gasteiger partial charge in [0.25, 0.3) is 0 Å². The fourth-order valence-electron chi connectivity index (χ4n) is 7.69. The average Bonchev–Trinajstić information content (AvgIpc) is 3.05. The van der Waals surface area contributed by atoms with E-state index in [1.54, 1.807) is 0 Å². The fraction of sp³-hybridized carbons (Fsp3) is 0.808. The molecule has 0 aromatic rings. The maximum Gasteiger partial charge on any atom is 0.306 e. The summed E-state index contributed by atoms with van der Waals surface area (Å²) >= 11 is 0. The summed E-state index contributed by atoms with van der Waals surface area (Å²) in [6.07, 6.45) is 10.7. The van der Waals surface area contributed by atoms with Crippen LogP contribution in [0.5, 0.6) is 0 Å². The van der Waals surface area contributed by atoms with Crippen molar-refractivity contribution in [1.82, 2.24) is 0 Å². The Morgan fingerprint density at radius 1 is 1.19 bits per heavy atom. The first-order chi connectivity index (χ1) is 14.7. The Balaban J connectivity index is 1.68. The van der Waals surface area contributed by atoms with Gasteiger partial charge in [0, 0.05) is 24.7 Å². The number of allylic oxidation sites excluding steroid dienone is 2. The molecule has 4 rings (SSSR count). The first-order valence-electron chi connectivity index (χ1n) is 12.3. The highest BCUT2D eigenvalue weighted by Gasteiger charge is 2.67. The Hall–Kier alpha value is -1.49. The zero-order valence-corrected chi connectivity index (χ0v) is 19.4. The Morgan fingerprint density at radius 3 is 2.68 bits per heavy atom. The van der Waals surface area contributed by atoms with Gasteiger partial charge in [-0.25, -0.2) is 0 Å². The zero-order valence-electron chi connectivity index (χ0n) is 19.4. The molecule has 1 N–H and O–H groups in total. The smallest absolute Gasteiger partial charge is 0.306 e. The quantitative estimate of drug-likeness (QED) is 0.494. The number of ether oxygens (including phenoxy) is 1. The Morgan fingerprint density at radius 2 is 1.97 bits per heavy atom. The minimum atomic E-state index is -1.22. The van der Waals surface area contributed by atoms with Gasteiger partial charge in [0.05, 0.1) is 0 Å². The van der Waals surface area contributed by atoms with E-state index < -0.39 is 17.6 Å². The molecule has 0 aromatic heterocycles. The van der Waals surface area contributed by atoms with Gasteiger partial charge in [-0.3, -0.25) is 14.4 Å². The summed E-state index contributed by atoms with van der Waals surface area (Å²) < 4.78 is 6.03. The summed E-state index contributed by atoms with van der Waals surface area (Å²) in [6, 6.07) is 0. The molecule has 3 saturated carbocycles. The minimum absolute atomic E-state index is 0.0716. The molecule has 4 aliphatic rings. The molecular formula is C26H38O5. The van der Waals surface area contributed by atoms with Gasteiger partial charge in [-0.1, -0.05) is 38.8 Å². The Labute approximate surface area is 186 Å². The van der Waals surface area contributed by atoms with Crippen LogP contribution in [0.1, 0.15) is 91.4 Å². The van der Waals surface area contributed by atoms with E-state index in [9.17, 15) is 19.5 Å². The lowest BCUT2D eigenvalue weighted by atomic mass is 9.48. The van der Waals surface area contributed by atoms with Gasteiger partial charge in [-0.15, -0.1) is 0 Å². The van der Waals surface area contributed by atoms with Crippen LogP contribution in [-0.4, -0.2) is 34.9 Å². The number of rotatable bonds is 6. The Bertz CT molecular complexity index is 800. The van der Waals surface area contributed by atoms with Crippen LogP contribution in [0.15, 0.2) is 11.6 Å². The molecule has 0 aliphatic heterocycles. The number of aliphatic hydroxyl groups is 1. The lowest BCUT2D eigenvalue weighted by Crippen LogP contribution is -2.58. The standard InChI is InChI=1S/C26H38O5/c1-4-5-6-23(30)31-26(22(29)16-27)14-11-21-19-8-7-17-15-18(28)9-12-24(17,2)20(19)10-13-25(21,26)3/h10,17,19,21,27H,4-9,11-16H2,1-3H3/t17?,19-,21+,24+,25+,26+/m1/s1. The van der Waals surface area contributed by atoms with Crippen LogP contribution in [-0.2, 0) is 19.1 Å². The van der Waals surface area contributed by atoms with Gasteiger partial charge in [0.15, 0.2) is 5.60 Å². The molecule has 0 aromatic carbocycles. The van der Waals surface area contributed by atoms with Crippen molar-refractivity contribution in [3.63, 3.8) is 0 Å². The average molecular weight is 431 g/mol. The molecule has 31 heavy (non-hydrogen) atoms. The molecule has 1 unspecified atom stereocenters. The molecule has 5 nitrogen and oxygen atoms in total. The topological polar surface area (TPSA) is 80.7 Å². The highest BCUT2D eigenvalue weighted by Crippen LogP contribution is 2.67. The largest absolute Gasteiger partial charge is 0.450 e. The third-order valence-corrected chi connectivity index (χ3v) is 9.58. The second-order valence-electron chi connectivity index (χ2n) is 11.0. The van der Waals surface area contributed by atoms with Crippen LogP contribution >= 0.6 is 0 Å². The van der Waals surface area contributed by atoms with Crippen molar-refractivity contribution in [1.29, 1.82) is 0 Å². The van der Waals surface area contributed by atoms with E-state index in [4.69, 9.17) is 4.74 Å². The lowest BCUT2D eigenvalue weighted by molar-refractivity contribution is -0.185. The van der Waals surface area contributed by atoms with Crippen molar-refractivity contribution < 1.29 is 24.2 Å². The number of ketones is 2. The van der Waals surface area contributed by atoms with Crippen LogP contribution in [0.4, 0.5) is 0 Å². The molecule has 3 fully saturated rings. The number of unbranched alkanes of at least 4 members (excludes halogenated alkanes) is 1. The highest BCUT2D eigenvalue weighted by atomic mass is 16.6. The highest BCUT2D eigenvalue weighted by molar-refractivity contribution is 5.92. The summed E-state index contributed by atoms with van der Waals surface area (Å²) in [5.41, 5.74) is -0.151.